The van der Waals surface area contributed by atoms with Gasteiger partial charge in [0.2, 0.25) is 0 Å². The Hall–Kier alpha value is -4.03. The lowest BCUT2D eigenvalue weighted by Gasteiger charge is -2.26. The second kappa shape index (κ2) is 9.79. The minimum atomic E-state index is -0.839. The van der Waals surface area contributed by atoms with Gasteiger partial charge in [0.25, 0.3) is 11.7 Å². The monoisotopic (exact) mass is 514 g/mol. The lowest BCUT2D eigenvalue weighted by molar-refractivity contribution is -0.132. The topological polar surface area (TPSA) is 82.6 Å². The number of para-hydroxylation sites is 1. The number of aryl methyl sites for hydroxylation is 2. The summed E-state index contributed by atoms with van der Waals surface area (Å²) in [5, 5.41) is 12.9. The first-order chi connectivity index (χ1) is 17.8. The molecule has 1 aromatic heterocycles. The highest BCUT2D eigenvalue weighted by Crippen LogP contribution is 2.45. The van der Waals surface area contributed by atoms with Crippen LogP contribution in [-0.4, -0.2) is 28.4 Å². The number of benzene rings is 3. The standard InChI is InChI=1S/C30H27ClN2O4/c1-4-15-37-24-14-9-19(16-17(24)2)28(34)26-27(25-18(3)32-23-8-6-5-7-22(23)25)33(30(36)29(26)35)21-12-10-20(31)11-13-21/h5-14,16,27,32,34H,4,15H2,1-3H3/b28-26+. The summed E-state index contributed by atoms with van der Waals surface area (Å²) in [6.07, 6.45) is 0.874. The molecule has 1 aliphatic heterocycles. The van der Waals surface area contributed by atoms with Crippen molar-refractivity contribution in [3.63, 3.8) is 0 Å². The number of Topliss-reactive ketones (excluding diaryl/α,β-unsaturated/α-hetero) is 1. The molecular formula is C30H27ClN2O4. The van der Waals surface area contributed by atoms with Crippen LogP contribution >= 0.6 is 11.6 Å². The maximum absolute atomic E-state index is 13.5. The largest absolute Gasteiger partial charge is 0.507 e. The number of rotatable bonds is 6. The summed E-state index contributed by atoms with van der Waals surface area (Å²) in [5.74, 6) is -0.969. The van der Waals surface area contributed by atoms with Crippen molar-refractivity contribution in [3.8, 4) is 5.75 Å². The number of amides is 1. The van der Waals surface area contributed by atoms with E-state index in [0.717, 1.165) is 34.1 Å². The lowest BCUT2D eigenvalue weighted by atomic mass is 9.92. The van der Waals surface area contributed by atoms with Crippen LogP contribution in [0.4, 0.5) is 5.69 Å². The van der Waals surface area contributed by atoms with E-state index < -0.39 is 17.7 Å². The number of carbonyl (C=O) groups excluding carboxylic acids is 2. The van der Waals surface area contributed by atoms with Crippen molar-refractivity contribution in [2.24, 2.45) is 0 Å². The molecule has 2 N–H and O–H groups in total. The van der Waals surface area contributed by atoms with E-state index in [2.05, 4.69) is 4.98 Å². The maximum Gasteiger partial charge on any atom is 0.300 e. The Morgan fingerprint density at radius 3 is 2.49 bits per heavy atom. The van der Waals surface area contributed by atoms with Gasteiger partial charge in [0.05, 0.1) is 18.2 Å². The van der Waals surface area contributed by atoms with E-state index in [1.807, 2.05) is 45.0 Å². The Kier molecular flexibility index (Phi) is 6.52. The number of halogens is 1. The number of hydrogen-bond acceptors (Lipinski definition) is 4. The number of ketones is 1. The van der Waals surface area contributed by atoms with Crippen LogP contribution in [0.5, 0.6) is 5.75 Å². The number of aromatic amines is 1. The molecule has 0 radical (unpaired) electrons. The summed E-state index contributed by atoms with van der Waals surface area (Å²) in [7, 11) is 0. The van der Waals surface area contributed by atoms with E-state index in [1.165, 1.54) is 4.90 Å². The summed E-state index contributed by atoms with van der Waals surface area (Å²) in [5.41, 5.74) is 4.25. The van der Waals surface area contributed by atoms with Crippen LogP contribution in [0.25, 0.3) is 16.7 Å². The normalized spacial score (nSPS) is 17.1. The predicted octanol–water partition coefficient (Wildman–Crippen LogP) is 6.85. The Bertz CT molecular complexity index is 1550. The van der Waals surface area contributed by atoms with Gasteiger partial charge in [-0.2, -0.15) is 0 Å². The molecule has 6 nitrogen and oxygen atoms in total. The molecule has 0 spiro atoms. The molecule has 0 aliphatic carbocycles. The average molecular weight is 515 g/mol. The highest BCUT2D eigenvalue weighted by molar-refractivity contribution is 6.52. The first-order valence-electron chi connectivity index (χ1n) is 12.2. The van der Waals surface area contributed by atoms with Gasteiger partial charge in [0, 0.05) is 38.4 Å². The summed E-state index contributed by atoms with van der Waals surface area (Å²) in [4.78, 5) is 31.8. The molecule has 1 saturated heterocycles. The minimum absolute atomic E-state index is 0.0365. The van der Waals surface area contributed by atoms with Gasteiger partial charge in [-0.25, -0.2) is 0 Å². The number of aliphatic hydroxyl groups is 1. The van der Waals surface area contributed by atoms with Crippen molar-refractivity contribution in [2.45, 2.75) is 33.2 Å². The minimum Gasteiger partial charge on any atom is -0.507 e. The average Bonchev–Trinajstić information content (AvgIpc) is 3.35. The smallest absolute Gasteiger partial charge is 0.300 e. The highest BCUT2D eigenvalue weighted by Gasteiger charge is 2.48. The second-order valence-corrected chi connectivity index (χ2v) is 9.62. The predicted molar refractivity (Wildman–Crippen MR) is 146 cm³/mol. The molecule has 7 heteroatoms. The van der Waals surface area contributed by atoms with Crippen LogP contribution in [0.1, 0.15) is 41.8 Å². The molecule has 1 atom stereocenters. The van der Waals surface area contributed by atoms with Gasteiger partial charge < -0.3 is 14.8 Å². The molecule has 1 fully saturated rings. The van der Waals surface area contributed by atoms with E-state index in [9.17, 15) is 14.7 Å². The van der Waals surface area contributed by atoms with Crippen LogP contribution in [0, 0.1) is 13.8 Å². The fraction of sp³-hybridized carbons (Fsp3) is 0.200. The molecular weight excluding hydrogens is 488 g/mol. The zero-order valence-corrected chi connectivity index (χ0v) is 21.6. The number of nitrogens with zero attached hydrogens (tertiary/aromatic N) is 1. The molecule has 37 heavy (non-hydrogen) atoms. The molecule has 0 saturated carbocycles. The number of carbonyl (C=O) groups is 2. The van der Waals surface area contributed by atoms with Gasteiger partial charge in [-0.3, -0.25) is 14.5 Å². The third kappa shape index (κ3) is 4.27. The Morgan fingerprint density at radius 2 is 1.78 bits per heavy atom. The number of ether oxygens (including phenoxy) is 1. The van der Waals surface area contributed by atoms with Crippen molar-refractivity contribution >= 4 is 45.6 Å². The highest BCUT2D eigenvalue weighted by atomic mass is 35.5. The summed E-state index contributed by atoms with van der Waals surface area (Å²) in [6, 6.07) is 18.9. The molecule has 4 aromatic rings. The van der Waals surface area contributed by atoms with E-state index in [4.69, 9.17) is 16.3 Å². The van der Waals surface area contributed by atoms with Gasteiger partial charge in [-0.15, -0.1) is 0 Å². The zero-order valence-electron chi connectivity index (χ0n) is 20.8. The first-order valence-corrected chi connectivity index (χ1v) is 12.6. The number of aliphatic hydroxyl groups excluding tert-OH is 1. The SMILES string of the molecule is CCCOc1ccc(/C(O)=C2\C(=O)C(=O)N(c3ccc(Cl)cc3)C2c2c(C)[nH]c3ccccc23)cc1C. The van der Waals surface area contributed by atoms with Crippen LogP contribution in [0.15, 0.2) is 72.3 Å². The van der Waals surface area contributed by atoms with E-state index >= 15 is 0 Å². The number of fused-ring (bicyclic) bond motifs is 1. The zero-order chi connectivity index (χ0) is 26.3. The number of nitrogens with one attached hydrogen (secondary N) is 1. The van der Waals surface area contributed by atoms with E-state index in [-0.39, 0.29) is 11.3 Å². The Balaban J connectivity index is 1.74. The Labute approximate surface area is 220 Å². The molecule has 1 unspecified atom stereocenters. The van der Waals surface area contributed by atoms with Gasteiger partial charge in [0.1, 0.15) is 11.5 Å². The molecule has 0 bridgehead atoms. The second-order valence-electron chi connectivity index (χ2n) is 9.18. The maximum atomic E-state index is 13.5. The van der Waals surface area contributed by atoms with Crippen molar-refractivity contribution in [3.05, 3.63) is 99.7 Å². The van der Waals surface area contributed by atoms with Crippen LogP contribution < -0.4 is 9.64 Å². The van der Waals surface area contributed by atoms with E-state index in [0.29, 0.717) is 28.6 Å². The molecule has 2 heterocycles. The van der Waals surface area contributed by atoms with Gasteiger partial charge in [-0.1, -0.05) is 36.7 Å². The molecule has 5 rings (SSSR count). The molecule has 188 valence electrons. The van der Waals surface area contributed by atoms with Crippen molar-refractivity contribution in [2.75, 3.05) is 11.5 Å². The molecule has 1 amide bonds. The number of hydrogen-bond donors (Lipinski definition) is 2. The third-order valence-electron chi connectivity index (χ3n) is 6.68. The Morgan fingerprint density at radius 1 is 1.05 bits per heavy atom. The van der Waals surface area contributed by atoms with Crippen LogP contribution in [-0.2, 0) is 9.59 Å². The van der Waals surface area contributed by atoms with Crippen LogP contribution in [0.3, 0.4) is 0 Å². The lowest BCUT2D eigenvalue weighted by Crippen LogP contribution is -2.29. The molecule has 1 aliphatic rings. The van der Waals surface area contributed by atoms with Gasteiger partial charge >= 0.3 is 0 Å². The summed E-state index contributed by atoms with van der Waals surface area (Å²) in [6.45, 7) is 6.40. The van der Waals surface area contributed by atoms with Crippen molar-refractivity contribution in [1.82, 2.24) is 4.98 Å². The summed E-state index contributed by atoms with van der Waals surface area (Å²) < 4.78 is 5.77. The van der Waals surface area contributed by atoms with Crippen molar-refractivity contribution in [1.29, 1.82) is 0 Å². The number of H-pyrrole nitrogens is 1. The quantitative estimate of drug-likeness (QED) is 0.167. The number of anilines is 1. The van der Waals surface area contributed by atoms with Crippen molar-refractivity contribution < 1.29 is 19.4 Å². The third-order valence-corrected chi connectivity index (χ3v) is 6.93. The molecule has 3 aromatic carbocycles. The number of aromatic nitrogens is 1. The van der Waals surface area contributed by atoms with Crippen LogP contribution in [0.2, 0.25) is 5.02 Å². The fourth-order valence-electron chi connectivity index (χ4n) is 4.95. The van der Waals surface area contributed by atoms with E-state index in [1.54, 1.807) is 42.5 Å². The summed E-state index contributed by atoms with van der Waals surface area (Å²) >= 11 is 6.11. The van der Waals surface area contributed by atoms with Gasteiger partial charge in [0.15, 0.2) is 0 Å². The fourth-order valence-corrected chi connectivity index (χ4v) is 5.08. The first kappa shape index (κ1) is 24.7. The van der Waals surface area contributed by atoms with Gasteiger partial charge in [-0.05, 0) is 74.4 Å².